The van der Waals surface area contributed by atoms with Gasteiger partial charge in [-0.25, -0.2) is 0 Å². The second-order valence-electron chi connectivity index (χ2n) is 6.79. The summed E-state index contributed by atoms with van der Waals surface area (Å²) in [6, 6.07) is 10.7. The first-order valence-electron chi connectivity index (χ1n) is 9.08. The van der Waals surface area contributed by atoms with E-state index < -0.39 is 0 Å². The summed E-state index contributed by atoms with van der Waals surface area (Å²) in [7, 11) is 0. The number of rotatable bonds is 5. The highest BCUT2D eigenvalue weighted by Crippen LogP contribution is 2.12. The lowest BCUT2D eigenvalue weighted by Gasteiger charge is -2.35. The summed E-state index contributed by atoms with van der Waals surface area (Å²) in [4.78, 5) is 19.3. The molecule has 1 aromatic rings. The first-order chi connectivity index (χ1) is 11.3. The Morgan fingerprint density at radius 3 is 2.17 bits per heavy atom. The molecule has 0 atom stereocenters. The first-order valence-corrected chi connectivity index (χ1v) is 9.08. The topological polar surface area (TPSA) is 26.8 Å². The van der Waals surface area contributed by atoms with Gasteiger partial charge in [0.25, 0.3) is 0 Å². The highest BCUT2D eigenvalue weighted by molar-refractivity contribution is 5.76. The summed E-state index contributed by atoms with van der Waals surface area (Å²) in [6.07, 6.45) is 4.35. The largest absolute Gasteiger partial charge is 0.343 e. The fourth-order valence-electron chi connectivity index (χ4n) is 3.57. The number of piperidine rings is 1. The molecule has 2 fully saturated rings. The van der Waals surface area contributed by atoms with E-state index in [1.807, 2.05) is 0 Å². The minimum Gasteiger partial charge on any atom is -0.343 e. The second-order valence-corrected chi connectivity index (χ2v) is 6.79. The van der Waals surface area contributed by atoms with Gasteiger partial charge in [0.05, 0.1) is 0 Å². The fourth-order valence-corrected chi connectivity index (χ4v) is 3.57. The van der Waals surface area contributed by atoms with Crippen LogP contribution in [0, 0.1) is 0 Å². The molecule has 1 amide bonds. The smallest absolute Gasteiger partial charge is 0.223 e. The standard InChI is InChI=1S/C19H29N3O/c23-19(22-10-5-2-6-11-22)9-12-20-13-15-21(16-14-20)17-18-7-3-1-4-8-18/h1,3-4,7-8H,2,5-6,9-17H2. The van der Waals surface area contributed by atoms with E-state index in [-0.39, 0.29) is 0 Å². The zero-order valence-corrected chi connectivity index (χ0v) is 14.1. The minimum absolute atomic E-state index is 0.358. The fraction of sp³-hybridized carbons (Fsp3) is 0.632. The molecule has 0 aliphatic carbocycles. The van der Waals surface area contributed by atoms with Gasteiger partial charge in [-0.2, -0.15) is 0 Å². The Bertz CT molecular complexity index is 477. The van der Waals surface area contributed by atoms with Crippen LogP contribution in [-0.4, -0.2) is 66.4 Å². The van der Waals surface area contributed by atoms with Crippen molar-refractivity contribution in [2.45, 2.75) is 32.2 Å². The number of hydrogen-bond donors (Lipinski definition) is 0. The monoisotopic (exact) mass is 315 g/mol. The Morgan fingerprint density at radius 2 is 1.48 bits per heavy atom. The van der Waals surface area contributed by atoms with Crippen molar-refractivity contribution in [3.8, 4) is 0 Å². The van der Waals surface area contributed by atoms with Crippen molar-refractivity contribution in [3.63, 3.8) is 0 Å². The molecule has 2 aliphatic heterocycles. The van der Waals surface area contributed by atoms with Crippen LogP contribution in [0.3, 0.4) is 0 Å². The van der Waals surface area contributed by atoms with Crippen LogP contribution in [0.25, 0.3) is 0 Å². The highest BCUT2D eigenvalue weighted by atomic mass is 16.2. The maximum Gasteiger partial charge on any atom is 0.223 e. The highest BCUT2D eigenvalue weighted by Gasteiger charge is 2.20. The van der Waals surface area contributed by atoms with Crippen LogP contribution in [-0.2, 0) is 11.3 Å². The van der Waals surface area contributed by atoms with Gasteiger partial charge in [0, 0.05) is 58.8 Å². The molecule has 23 heavy (non-hydrogen) atoms. The molecule has 0 N–H and O–H groups in total. The maximum absolute atomic E-state index is 12.2. The third kappa shape index (κ3) is 5.05. The predicted molar refractivity (Wildman–Crippen MR) is 93.2 cm³/mol. The van der Waals surface area contributed by atoms with Crippen LogP contribution in [0.4, 0.5) is 0 Å². The van der Waals surface area contributed by atoms with Crippen molar-refractivity contribution in [2.75, 3.05) is 45.8 Å². The quantitative estimate of drug-likeness (QED) is 0.833. The van der Waals surface area contributed by atoms with E-state index in [4.69, 9.17) is 0 Å². The molecule has 2 aliphatic rings. The van der Waals surface area contributed by atoms with E-state index in [0.717, 1.165) is 52.4 Å². The molecule has 4 heteroatoms. The van der Waals surface area contributed by atoms with E-state index in [1.54, 1.807) is 0 Å². The molecule has 0 bridgehead atoms. The van der Waals surface area contributed by atoms with Gasteiger partial charge in [-0.1, -0.05) is 30.3 Å². The third-order valence-electron chi connectivity index (χ3n) is 5.06. The molecule has 2 heterocycles. The number of carbonyl (C=O) groups excluding carboxylic acids is 1. The lowest BCUT2D eigenvalue weighted by molar-refractivity contribution is -0.132. The Labute approximate surface area is 140 Å². The van der Waals surface area contributed by atoms with Crippen molar-refractivity contribution in [1.82, 2.24) is 14.7 Å². The van der Waals surface area contributed by atoms with Gasteiger partial charge >= 0.3 is 0 Å². The molecule has 0 spiro atoms. The lowest BCUT2D eigenvalue weighted by atomic mass is 10.1. The summed E-state index contributed by atoms with van der Waals surface area (Å²) in [5, 5.41) is 0. The van der Waals surface area contributed by atoms with Crippen LogP contribution < -0.4 is 0 Å². The van der Waals surface area contributed by atoms with Crippen LogP contribution in [0.1, 0.15) is 31.2 Å². The molecule has 0 unspecified atom stereocenters. The van der Waals surface area contributed by atoms with Crippen molar-refractivity contribution in [3.05, 3.63) is 35.9 Å². The van der Waals surface area contributed by atoms with Gasteiger partial charge in [-0.05, 0) is 24.8 Å². The first kappa shape index (κ1) is 16.5. The molecule has 0 aromatic heterocycles. The number of amides is 1. The van der Waals surface area contributed by atoms with E-state index in [0.29, 0.717) is 12.3 Å². The summed E-state index contributed by atoms with van der Waals surface area (Å²) in [6.45, 7) is 8.29. The minimum atomic E-state index is 0.358. The zero-order chi connectivity index (χ0) is 15.9. The van der Waals surface area contributed by atoms with Crippen LogP contribution in [0.5, 0.6) is 0 Å². The number of likely N-dealkylation sites (tertiary alicyclic amines) is 1. The van der Waals surface area contributed by atoms with Crippen molar-refractivity contribution in [1.29, 1.82) is 0 Å². The van der Waals surface area contributed by atoms with E-state index >= 15 is 0 Å². The normalized spacial score (nSPS) is 20.6. The van der Waals surface area contributed by atoms with Crippen LogP contribution in [0.15, 0.2) is 30.3 Å². The zero-order valence-electron chi connectivity index (χ0n) is 14.1. The third-order valence-corrected chi connectivity index (χ3v) is 5.06. The van der Waals surface area contributed by atoms with Crippen molar-refractivity contribution < 1.29 is 4.79 Å². The van der Waals surface area contributed by atoms with E-state index in [9.17, 15) is 4.79 Å². The summed E-state index contributed by atoms with van der Waals surface area (Å²) < 4.78 is 0. The predicted octanol–water partition coefficient (Wildman–Crippen LogP) is 2.21. The van der Waals surface area contributed by atoms with E-state index in [1.165, 1.54) is 24.8 Å². The second kappa shape index (κ2) is 8.46. The molecule has 2 saturated heterocycles. The average Bonchev–Trinajstić information content (AvgIpc) is 2.62. The SMILES string of the molecule is O=C(CCN1CCN(Cc2ccccc2)CC1)N1CCCCC1. The van der Waals surface area contributed by atoms with Gasteiger partial charge < -0.3 is 9.80 Å². The number of hydrogen-bond acceptors (Lipinski definition) is 3. The number of carbonyl (C=O) groups is 1. The Kier molecular flexibility index (Phi) is 6.06. The molecular formula is C19H29N3O. The average molecular weight is 315 g/mol. The number of piperazine rings is 1. The molecule has 3 rings (SSSR count). The Balaban J connectivity index is 1.35. The van der Waals surface area contributed by atoms with Gasteiger partial charge in [0.2, 0.25) is 5.91 Å². The van der Waals surface area contributed by atoms with Gasteiger partial charge in [-0.15, -0.1) is 0 Å². The Morgan fingerprint density at radius 1 is 0.826 bits per heavy atom. The van der Waals surface area contributed by atoms with Crippen molar-refractivity contribution in [2.24, 2.45) is 0 Å². The Hall–Kier alpha value is -1.39. The number of nitrogens with zero attached hydrogens (tertiary/aromatic N) is 3. The summed E-state index contributed by atoms with van der Waals surface area (Å²) >= 11 is 0. The molecular weight excluding hydrogens is 286 g/mol. The lowest BCUT2D eigenvalue weighted by Crippen LogP contribution is -2.47. The van der Waals surface area contributed by atoms with Gasteiger partial charge in [0.15, 0.2) is 0 Å². The van der Waals surface area contributed by atoms with Crippen LogP contribution >= 0.6 is 0 Å². The van der Waals surface area contributed by atoms with E-state index in [2.05, 4.69) is 45.0 Å². The van der Waals surface area contributed by atoms with Gasteiger partial charge in [-0.3, -0.25) is 9.69 Å². The van der Waals surface area contributed by atoms with Crippen LogP contribution in [0.2, 0.25) is 0 Å². The van der Waals surface area contributed by atoms with Crippen molar-refractivity contribution >= 4 is 5.91 Å². The summed E-state index contributed by atoms with van der Waals surface area (Å²) in [5.41, 5.74) is 1.39. The number of benzene rings is 1. The molecule has 126 valence electrons. The summed E-state index contributed by atoms with van der Waals surface area (Å²) in [5.74, 6) is 0.358. The maximum atomic E-state index is 12.2. The molecule has 4 nitrogen and oxygen atoms in total. The molecule has 1 aromatic carbocycles. The molecule has 0 radical (unpaired) electrons. The van der Waals surface area contributed by atoms with Gasteiger partial charge in [0.1, 0.15) is 0 Å². The molecule has 0 saturated carbocycles.